The summed E-state index contributed by atoms with van der Waals surface area (Å²) in [5.74, 6) is 2.62. The third-order valence-electron chi connectivity index (χ3n) is 3.70. The van der Waals surface area contributed by atoms with E-state index >= 15 is 0 Å². The Bertz CT molecular complexity index is 323. The van der Waals surface area contributed by atoms with Gasteiger partial charge >= 0.3 is 0 Å². The molecule has 1 aromatic rings. The average molecular weight is 230 g/mol. The van der Waals surface area contributed by atoms with Gasteiger partial charge in [-0.2, -0.15) is 0 Å². The highest BCUT2D eigenvalue weighted by Crippen LogP contribution is 2.31. The molecule has 1 aliphatic rings. The second-order valence-electron chi connectivity index (χ2n) is 5.04. The number of ether oxygens (including phenoxy) is 1. The van der Waals surface area contributed by atoms with Crippen LogP contribution in [-0.2, 0) is 0 Å². The Balaban J connectivity index is 1.70. The first-order chi connectivity index (χ1) is 8.38. The van der Waals surface area contributed by atoms with E-state index < -0.39 is 0 Å². The predicted octanol–water partition coefficient (Wildman–Crippen LogP) is 4.45. The molecule has 1 aromatic carbocycles. The molecule has 2 rings (SSSR count). The number of allylic oxidation sites excluding steroid dienone is 1. The van der Waals surface area contributed by atoms with Gasteiger partial charge in [-0.1, -0.05) is 24.3 Å². The van der Waals surface area contributed by atoms with Crippen molar-refractivity contribution in [3.63, 3.8) is 0 Å². The maximum atomic E-state index is 5.82. The fourth-order valence-corrected chi connectivity index (χ4v) is 2.60. The van der Waals surface area contributed by atoms with Gasteiger partial charge < -0.3 is 4.74 Å². The summed E-state index contributed by atoms with van der Waals surface area (Å²) in [6.07, 6.45) is 8.55. The Morgan fingerprint density at radius 3 is 2.35 bits per heavy atom. The van der Waals surface area contributed by atoms with Crippen LogP contribution in [0, 0.1) is 11.8 Å². The lowest BCUT2D eigenvalue weighted by atomic mass is 9.81. The third-order valence-corrected chi connectivity index (χ3v) is 3.70. The van der Waals surface area contributed by atoms with Gasteiger partial charge in [0.2, 0.25) is 0 Å². The summed E-state index contributed by atoms with van der Waals surface area (Å²) in [4.78, 5) is 0. The maximum Gasteiger partial charge on any atom is 0.119 e. The van der Waals surface area contributed by atoms with Crippen molar-refractivity contribution in [1.29, 1.82) is 0 Å². The molecule has 0 spiro atoms. The Morgan fingerprint density at radius 1 is 1.06 bits per heavy atom. The second kappa shape index (κ2) is 6.48. The standard InChI is InChI=1S/C16H22O/c1-2-6-14-9-11-15(12-10-14)13-17-16-7-4-3-5-8-16/h2-5,7-8,14-15H,1,6,9-13H2. The van der Waals surface area contributed by atoms with Crippen LogP contribution in [0.5, 0.6) is 5.75 Å². The SMILES string of the molecule is C=CCC1CCC(COc2ccccc2)CC1. The van der Waals surface area contributed by atoms with Crippen LogP contribution >= 0.6 is 0 Å². The molecular weight excluding hydrogens is 208 g/mol. The van der Waals surface area contributed by atoms with Crippen LogP contribution in [0.3, 0.4) is 0 Å². The lowest BCUT2D eigenvalue weighted by Gasteiger charge is -2.27. The molecule has 0 atom stereocenters. The zero-order chi connectivity index (χ0) is 11.9. The molecule has 92 valence electrons. The van der Waals surface area contributed by atoms with Crippen molar-refractivity contribution < 1.29 is 4.74 Å². The zero-order valence-corrected chi connectivity index (χ0v) is 10.5. The van der Waals surface area contributed by atoms with Crippen LogP contribution in [0.25, 0.3) is 0 Å². The summed E-state index contributed by atoms with van der Waals surface area (Å²) in [7, 11) is 0. The van der Waals surface area contributed by atoms with Crippen LogP contribution in [0.1, 0.15) is 32.1 Å². The molecule has 1 heteroatoms. The van der Waals surface area contributed by atoms with Gasteiger partial charge in [0, 0.05) is 0 Å². The van der Waals surface area contributed by atoms with Crippen molar-refractivity contribution in [1.82, 2.24) is 0 Å². The minimum Gasteiger partial charge on any atom is -0.493 e. The average Bonchev–Trinajstić information content (AvgIpc) is 2.40. The van der Waals surface area contributed by atoms with Crippen LogP contribution in [0.2, 0.25) is 0 Å². The zero-order valence-electron chi connectivity index (χ0n) is 10.5. The number of rotatable bonds is 5. The normalized spacial score (nSPS) is 24.2. The highest BCUT2D eigenvalue weighted by atomic mass is 16.5. The van der Waals surface area contributed by atoms with E-state index in [1.54, 1.807) is 0 Å². The maximum absolute atomic E-state index is 5.82. The molecule has 0 heterocycles. The Kier molecular flexibility index (Phi) is 4.66. The predicted molar refractivity (Wildman–Crippen MR) is 72.2 cm³/mol. The number of para-hydroxylation sites is 1. The molecule has 1 fully saturated rings. The van der Waals surface area contributed by atoms with Gasteiger partial charge in [0.25, 0.3) is 0 Å². The molecule has 1 saturated carbocycles. The summed E-state index contributed by atoms with van der Waals surface area (Å²) >= 11 is 0. The minimum absolute atomic E-state index is 0.747. The van der Waals surface area contributed by atoms with Crippen LogP contribution in [0.15, 0.2) is 43.0 Å². The smallest absolute Gasteiger partial charge is 0.119 e. The van der Waals surface area contributed by atoms with Gasteiger partial charge in [-0.05, 0) is 56.1 Å². The van der Waals surface area contributed by atoms with E-state index in [0.717, 1.165) is 24.2 Å². The first kappa shape index (κ1) is 12.2. The quantitative estimate of drug-likeness (QED) is 0.679. The summed E-state index contributed by atoms with van der Waals surface area (Å²) in [6.45, 7) is 4.70. The highest BCUT2D eigenvalue weighted by molar-refractivity contribution is 5.20. The Labute approximate surface area is 104 Å². The van der Waals surface area contributed by atoms with Gasteiger partial charge in [0.05, 0.1) is 6.61 Å². The molecule has 0 aromatic heterocycles. The van der Waals surface area contributed by atoms with Crippen molar-refractivity contribution in [2.24, 2.45) is 11.8 Å². The van der Waals surface area contributed by atoms with Gasteiger partial charge in [0.1, 0.15) is 5.75 Å². The van der Waals surface area contributed by atoms with Crippen LogP contribution in [-0.4, -0.2) is 6.61 Å². The summed E-state index contributed by atoms with van der Waals surface area (Å²) < 4.78 is 5.82. The molecule has 0 aliphatic heterocycles. The van der Waals surface area contributed by atoms with E-state index in [4.69, 9.17) is 4.74 Å². The lowest BCUT2D eigenvalue weighted by molar-refractivity contribution is 0.183. The fraction of sp³-hybridized carbons (Fsp3) is 0.500. The first-order valence-corrected chi connectivity index (χ1v) is 6.67. The van der Waals surface area contributed by atoms with E-state index in [1.807, 2.05) is 30.3 Å². The van der Waals surface area contributed by atoms with E-state index in [-0.39, 0.29) is 0 Å². The molecule has 0 radical (unpaired) electrons. The van der Waals surface area contributed by atoms with Gasteiger partial charge in [-0.3, -0.25) is 0 Å². The fourth-order valence-electron chi connectivity index (χ4n) is 2.60. The Morgan fingerprint density at radius 2 is 1.71 bits per heavy atom. The van der Waals surface area contributed by atoms with E-state index in [9.17, 15) is 0 Å². The van der Waals surface area contributed by atoms with Crippen LogP contribution in [0.4, 0.5) is 0 Å². The molecule has 17 heavy (non-hydrogen) atoms. The Hall–Kier alpha value is -1.24. The summed E-state index contributed by atoms with van der Waals surface area (Å²) in [5, 5.41) is 0. The summed E-state index contributed by atoms with van der Waals surface area (Å²) in [6, 6.07) is 10.1. The monoisotopic (exact) mass is 230 g/mol. The van der Waals surface area contributed by atoms with E-state index in [0.29, 0.717) is 0 Å². The van der Waals surface area contributed by atoms with Gasteiger partial charge in [-0.25, -0.2) is 0 Å². The first-order valence-electron chi connectivity index (χ1n) is 6.67. The van der Waals surface area contributed by atoms with Crippen molar-refractivity contribution in [3.8, 4) is 5.75 Å². The molecular formula is C16H22O. The molecule has 0 amide bonds. The lowest BCUT2D eigenvalue weighted by Crippen LogP contribution is -2.19. The van der Waals surface area contributed by atoms with Crippen molar-refractivity contribution in [2.75, 3.05) is 6.61 Å². The van der Waals surface area contributed by atoms with E-state index in [1.165, 1.54) is 32.1 Å². The minimum atomic E-state index is 0.747. The number of benzene rings is 1. The largest absolute Gasteiger partial charge is 0.493 e. The van der Waals surface area contributed by atoms with Crippen LogP contribution < -0.4 is 4.74 Å². The van der Waals surface area contributed by atoms with Crippen molar-refractivity contribution >= 4 is 0 Å². The topological polar surface area (TPSA) is 9.23 Å². The number of hydrogen-bond acceptors (Lipinski definition) is 1. The third kappa shape index (κ3) is 3.92. The molecule has 1 nitrogen and oxygen atoms in total. The van der Waals surface area contributed by atoms with E-state index in [2.05, 4.69) is 12.7 Å². The second-order valence-corrected chi connectivity index (χ2v) is 5.04. The van der Waals surface area contributed by atoms with Gasteiger partial charge in [0.15, 0.2) is 0 Å². The molecule has 0 N–H and O–H groups in total. The molecule has 0 bridgehead atoms. The van der Waals surface area contributed by atoms with Gasteiger partial charge in [-0.15, -0.1) is 6.58 Å². The molecule has 1 aliphatic carbocycles. The van der Waals surface area contributed by atoms with Crippen molar-refractivity contribution in [2.45, 2.75) is 32.1 Å². The number of hydrogen-bond donors (Lipinski definition) is 0. The highest BCUT2D eigenvalue weighted by Gasteiger charge is 2.20. The van der Waals surface area contributed by atoms with Crippen molar-refractivity contribution in [3.05, 3.63) is 43.0 Å². The molecule has 0 unspecified atom stereocenters. The molecule has 0 saturated heterocycles. The summed E-state index contributed by atoms with van der Waals surface area (Å²) in [5.41, 5.74) is 0.